The maximum absolute atomic E-state index is 14.7. The van der Waals surface area contributed by atoms with Crippen molar-refractivity contribution < 1.29 is 18.7 Å². The Balaban J connectivity index is 2.43. The lowest BCUT2D eigenvalue weighted by atomic mass is 10.0. The molecule has 1 amide bonds. The molecule has 0 aliphatic heterocycles. The van der Waals surface area contributed by atoms with Crippen LogP contribution in [-0.2, 0) is 4.79 Å². The van der Waals surface area contributed by atoms with Crippen LogP contribution in [0.5, 0.6) is 11.5 Å². The molecule has 0 radical (unpaired) electrons. The van der Waals surface area contributed by atoms with E-state index in [1.165, 1.54) is 27.3 Å². The lowest BCUT2D eigenvalue weighted by molar-refractivity contribution is -0.122. The van der Waals surface area contributed by atoms with Crippen LogP contribution in [-0.4, -0.2) is 33.0 Å². The highest BCUT2D eigenvalue weighted by atomic mass is 19.1. The van der Waals surface area contributed by atoms with E-state index in [-0.39, 0.29) is 17.1 Å². The van der Waals surface area contributed by atoms with Gasteiger partial charge in [0.25, 0.3) is 5.91 Å². The summed E-state index contributed by atoms with van der Waals surface area (Å²) in [6.07, 6.45) is 0. The van der Waals surface area contributed by atoms with E-state index < -0.39 is 17.8 Å². The Labute approximate surface area is 156 Å². The van der Waals surface area contributed by atoms with Crippen LogP contribution in [0.2, 0.25) is 0 Å². The van der Waals surface area contributed by atoms with Crippen molar-refractivity contribution in [3.8, 4) is 11.5 Å². The predicted octanol–water partition coefficient (Wildman–Crippen LogP) is 1.53. The number of rotatable bonds is 8. The minimum atomic E-state index is -1.06. The smallest absolute Gasteiger partial charge is 0.261 e. The Bertz CT molecular complexity index is 826. The SMILES string of the molecule is CNNC(=O)C(Nc1ccc(C(=N)N)cc1)c1cc(OC)c(OC)cc1F. The Morgan fingerprint density at radius 1 is 1.15 bits per heavy atom. The molecular formula is C18H22FN5O3. The first-order valence-electron chi connectivity index (χ1n) is 8.00. The molecule has 0 fully saturated rings. The van der Waals surface area contributed by atoms with E-state index in [0.29, 0.717) is 17.0 Å². The molecule has 6 N–H and O–H groups in total. The zero-order valence-corrected chi connectivity index (χ0v) is 15.2. The molecule has 1 unspecified atom stereocenters. The molecule has 8 nitrogen and oxygen atoms in total. The molecule has 1 atom stereocenters. The quantitative estimate of drug-likeness (QED) is 0.271. The van der Waals surface area contributed by atoms with Gasteiger partial charge in [0.15, 0.2) is 11.5 Å². The summed E-state index contributed by atoms with van der Waals surface area (Å²) >= 11 is 0. The molecule has 0 spiro atoms. The molecule has 0 bridgehead atoms. The molecule has 2 rings (SSSR count). The van der Waals surface area contributed by atoms with Gasteiger partial charge in [-0.1, -0.05) is 0 Å². The van der Waals surface area contributed by atoms with Crippen LogP contribution >= 0.6 is 0 Å². The molecule has 0 aromatic heterocycles. The number of nitrogen functional groups attached to an aromatic ring is 1. The fourth-order valence-electron chi connectivity index (χ4n) is 2.48. The average Bonchev–Trinajstić information content (AvgIpc) is 2.66. The van der Waals surface area contributed by atoms with Gasteiger partial charge in [0.05, 0.1) is 14.2 Å². The summed E-state index contributed by atoms with van der Waals surface area (Å²) in [4.78, 5) is 12.5. The Kier molecular flexibility index (Phi) is 6.56. The minimum absolute atomic E-state index is 0.0723. The Morgan fingerprint density at radius 3 is 2.26 bits per heavy atom. The highest BCUT2D eigenvalue weighted by Gasteiger charge is 2.26. The van der Waals surface area contributed by atoms with Gasteiger partial charge in [-0.05, 0) is 30.3 Å². The highest BCUT2D eigenvalue weighted by Crippen LogP contribution is 2.33. The number of benzene rings is 2. The lowest BCUT2D eigenvalue weighted by Gasteiger charge is -2.21. The van der Waals surface area contributed by atoms with Gasteiger partial charge in [0, 0.05) is 29.9 Å². The van der Waals surface area contributed by atoms with Crippen molar-refractivity contribution in [2.75, 3.05) is 26.6 Å². The molecule has 0 saturated carbocycles. The Hall–Kier alpha value is -3.33. The number of amidine groups is 1. The summed E-state index contributed by atoms with van der Waals surface area (Å²) in [6, 6.07) is 8.06. The second-order valence-corrected chi connectivity index (χ2v) is 5.54. The van der Waals surface area contributed by atoms with Crippen LogP contribution < -0.4 is 31.4 Å². The molecular weight excluding hydrogens is 353 g/mol. The van der Waals surface area contributed by atoms with Crippen molar-refractivity contribution in [2.45, 2.75) is 6.04 Å². The number of ether oxygens (including phenoxy) is 2. The fraction of sp³-hybridized carbons (Fsp3) is 0.222. The number of hydrazine groups is 1. The van der Waals surface area contributed by atoms with Gasteiger partial charge in [-0.2, -0.15) is 0 Å². The molecule has 0 heterocycles. The summed E-state index contributed by atoms with van der Waals surface area (Å²) in [5, 5.41) is 10.4. The third kappa shape index (κ3) is 4.64. The third-order valence-corrected chi connectivity index (χ3v) is 3.83. The second-order valence-electron chi connectivity index (χ2n) is 5.54. The monoisotopic (exact) mass is 375 g/mol. The van der Waals surface area contributed by atoms with E-state index in [9.17, 15) is 9.18 Å². The predicted molar refractivity (Wildman–Crippen MR) is 101 cm³/mol. The minimum Gasteiger partial charge on any atom is -0.493 e. The molecule has 0 aliphatic carbocycles. The van der Waals surface area contributed by atoms with Gasteiger partial charge in [0.1, 0.15) is 17.7 Å². The first kappa shape index (κ1) is 20.0. The van der Waals surface area contributed by atoms with Crippen LogP contribution in [0.4, 0.5) is 10.1 Å². The number of amides is 1. The van der Waals surface area contributed by atoms with Crippen LogP contribution in [0.3, 0.4) is 0 Å². The largest absolute Gasteiger partial charge is 0.493 e. The number of methoxy groups -OCH3 is 2. The topological polar surface area (TPSA) is 121 Å². The number of nitrogens with one attached hydrogen (secondary N) is 4. The maximum atomic E-state index is 14.7. The number of carbonyl (C=O) groups excluding carboxylic acids is 1. The molecule has 2 aromatic carbocycles. The van der Waals surface area contributed by atoms with E-state index >= 15 is 0 Å². The van der Waals surface area contributed by atoms with E-state index in [1.807, 2.05) is 0 Å². The van der Waals surface area contributed by atoms with Gasteiger partial charge < -0.3 is 20.5 Å². The summed E-state index contributed by atoms with van der Waals surface area (Å²) in [7, 11) is 4.36. The van der Waals surface area contributed by atoms with Gasteiger partial charge in [-0.3, -0.25) is 15.6 Å². The standard InChI is InChI=1S/C18H22FN5O3/c1-22-24-18(25)16(23-11-6-4-10(5-7-11)17(20)21)12-8-14(26-2)15(27-3)9-13(12)19/h4-9,16,22-23H,1-3H3,(H3,20,21)(H,24,25). The van der Waals surface area contributed by atoms with E-state index in [1.54, 1.807) is 24.3 Å². The van der Waals surface area contributed by atoms with Crippen molar-refractivity contribution in [2.24, 2.45) is 5.73 Å². The van der Waals surface area contributed by atoms with Crippen molar-refractivity contribution in [1.82, 2.24) is 10.9 Å². The van der Waals surface area contributed by atoms with Crippen molar-refractivity contribution >= 4 is 17.4 Å². The first-order valence-corrected chi connectivity index (χ1v) is 8.00. The van der Waals surface area contributed by atoms with Gasteiger partial charge in [-0.15, -0.1) is 0 Å². The summed E-state index contributed by atoms with van der Waals surface area (Å²) in [6.45, 7) is 0. The van der Waals surface area contributed by atoms with E-state index in [2.05, 4.69) is 16.2 Å². The number of carbonyl (C=O) groups is 1. The Morgan fingerprint density at radius 2 is 1.74 bits per heavy atom. The average molecular weight is 375 g/mol. The van der Waals surface area contributed by atoms with E-state index in [0.717, 1.165) is 6.07 Å². The van der Waals surface area contributed by atoms with Gasteiger partial charge in [-0.25, -0.2) is 9.82 Å². The molecule has 27 heavy (non-hydrogen) atoms. The normalized spacial score (nSPS) is 11.4. The van der Waals surface area contributed by atoms with Gasteiger partial charge >= 0.3 is 0 Å². The second kappa shape index (κ2) is 8.86. The van der Waals surface area contributed by atoms with Crippen LogP contribution in [0.25, 0.3) is 0 Å². The zero-order valence-electron chi connectivity index (χ0n) is 15.2. The van der Waals surface area contributed by atoms with Gasteiger partial charge in [0.2, 0.25) is 0 Å². The molecule has 2 aromatic rings. The van der Waals surface area contributed by atoms with Crippen LogP contribution in [0.15, 0.2) is 36.4 Å². The number of anilines is 1. The summed E-state index contributed by atoms with van der Waals surface area (Å²) in [5.41, 5.74) is 11.6. The number of halogens is 1. The maximum Gasteiger partial charge on any atom is 0.261 e. The third-order valence-electron chi connectivity index (χ3n) is 3.83. The summed E-state index contributed by atoms with van der Waals surface area (Å²) in [5.74, 6) is -0.685. The van der Waals surface area contributed by atoms with Crippen molar-refractivity contribution in [1.29, 1.82) is 5.41 Å². The van der Waals surface area contributed by atoms with Crippen molar-refractivity contribution in [3.05, 3.63) is 53.3 Å². The number of nitrogens with two attached hydrogens (primary N) is 1. The summed E-state index contributed by atoms with van der Waals surface area (Å²) < 4.78 is 24.9. The van der Waals surface area contributed by atoms with E-state index in [4.69, 9.17) is 20.6 Å². The number of hydrogen-bond donors (Lipinski definition) is 5. The molecule has 0 saturated heterocycles. The van der Waals surface area contributed by atoms with Crippen LogP contribution in [0, 0.1) is 11.2 Å². The molecule has 9 heteroatoms. The number of hydrogen-bond acceptors (Lipinski definition) is 6. The molecule has 0 aliphatic rings. The lowest BCUT2D eigenvalue weighted by Crippen LogP contribution is -2.40. The van der Waals surface area contributed by atoms with Crippen LogP contribution in [0.1, 0.15) is 17.2 Å². The first-order chi connectivity index (χ1) is 12.9. The highest BCUT2D eigenvalue weighted by molar-refractivity contribution is 5.95. The fourth-order valence-corrected chi connectivity index (χ4v) is 2.48. The zero-order chi connectivity index (χ0) is 20.0. The molecule has 144 valence electrons. The van der Waals surface area contributed by atoms with Crippen molar-refractivity contribution in [3.63, 3.8) is 0 Å².